The number of sulfonamides is 2. The summed E-state index contributed by atoms with van der Waals surface area (Å²) in [5, 5.41) is 13.9. The van der Waals surface area contributed by atoms with Gasteiger partial charge >= 0.3 is 5.97 Å². The molecule has 1 aromatic rings. The summed E-state index contributed by atoms with van der Waals surface area (Å²) in [5.41, 5.74) is 0. The van der Waals surface area contributed by atoms with Gasteiger partial charge in [-0.05, 0) is 18.2 Å². The lowest BCUT2D eigenvalue weighted by atomic mass is 10.3. The molecule has 0 aliphatic heterocycles. The molecule has 0 heterocycles. The lowest BCUT2D eigenvalue weighted by molar-refractivity contribution is -0.143. The fourth-order valence-electron chi connectivity index (χ4n) is 1.38. The van der Waals surface area contributed by atoms with Crippen molar-refractivity contribution in [3.8, 4) is 0 Å². The number of carbonyl (C=O) groups is 1. The van der Waals surface area contributed by atoms with Crippen LogP contribution in [0.1, 0.15) is 0 Å². The highest BCUT2D eigenvalue weighted by Crippen LogP contribution is 2.15. The van der Waals surface area contributed by atoms with E-state index in [1.54, 1.807) is 0 Å². The van der Waals surface area contributed by atoms with Gasteiger partial charge in [-0.2, -0.15) is 4.72 Å². The fourth-order valence-corrected chi connectivity index (χ4v) is 3.23. The third-order valence-corrected chi connectivity index (χ3v) is 4.79. The Morgan fingerprint density at radius 2 is 1.90 bits per heavy atom. The van der Waals surface area contributed by atoms with Gasteiger partial charge in [-0.15, -0.1) is 0 Å². The Morgan fingerprint density at radius 3 is 2.38 bits per heavy atom. The van der Waals surface area contributed by atoms with E-state index >= 15 is 0 Å². The number of hydrogen-bond acceptors (Lipinski definition) is 7. The Labute approximate surface area is 121 Å². The highest BCUT2D eigenvalue weighted by Gasteiger charge is 2.26. The predicted octanol–water partition coefficient (Wildman–Crippen LogP) is -1.85. The number of methoxy groups -OCH3 is 1. The number of aliphatic hydroxyl groups is 1. The van der Waals surface area contributed by atoms with E-state index < -0.39 is 48.5 Å². The molecule has 0 saturated heterocycles. The number of aliphatic hydroxyl groups excluding tert-OH is 1. The van der Waals surface area contributed by atoms with Crippen molar-refractivity contribution in [2.75, 3.05) is 13.7 Å². The van der Waals surface area contributed by atoms with Gasteiger partial charge in [0.05, 0.1) is 23.5 Å². The summed E-state index contributed by atoms with van der Waals surface area (Å²) < 4.78 is 52.7. The minimum atomic E-state index is -4.24. The molecule has 1 atom stereocenters. The van der Waals surface area contributed by atoms with Crippen LogP contribution < -0.4 is 9.86 Å². The van der Waals surface area contributed by atoms with Crippen LogP contribution in [0.25, 0.3) is 0 Å². The molecule has 0 amide bonds. The van der Waals surface area contributed by atoms with Gasteiger partial charge in [-0.1, -0.05) is 6.07 Å². The van der Waals surface area contributed by atoms with Gasteiger partial charge in [-0.3, -0.25) is 4.79 Å². The third-order valence-electron chi connectivity index (χ3n) is 2.41. The van der Waals surface area contributed by atoms with Crippen LogP contribution >= 0.6 is 0 Å². The van der Waals surface area contributed by atoms with Gasteiger partial charge in [0.25, 0.3) is 0 Å². The first-order valence-electron chi connectivity index (χ1n) is 5.45. The van der Waals surface area contributed by atoms with Gasteiger partial charge in [-0.25, -0.2) is 22.0 Å². The molecule has 1 rings (SSSR count). The Morgan fingerprint density at radius 1 is 1.33 bits per heavy atom. The van der Waals surface area contributed by atoms with Crippen LogP contribution in [0, 0.1) is 0 Å². The maximum Gasteiger partial charge on any atom is 0.326 e. The molecule has 0 aliphatic rings. The Hall–Kier alpha value is -1.53. The van der Waals surface area contributed by atoms with Crippen molar-refractivity contribution in [1.82, 2.24) is 4.72 Å². The number of nitrogens with one attached hydrogen (secondary N) is 1. The average Bonchev–Trinajstić information content (AvgIpc) is 2.43. The number of benzene rings is 1. The first-order chi connectivity index (χ1) is 9.61. The molecule has 0 fully saturated rings. The van der Waals surface area contributed by atoms with Gasteiger partial charge in [0.15, 0.2) is 0 Å². The summed E-state index contributed by atoms with van der Waals surface area (Å²) in [6.07, 6.45) is 0. The van der Waals surface area contributed by atoms with Gasteiger partial charge < -0.3 is 9.84 Å². The lowest BCUT2D eigenvalue weighted by Crippen LogP contribution is -2.43. The van der Waals surface area contributed by atoms with Crippen LogP contribution in [-0.2, 0) is 29.6 Å². The summed E-state index contributed by atoms with van der Waals surface area (Å²) in [6.45, 7) is -0.819. The second kappa shape index (κ2) is 6.49. The standard InChI is InChI=1S/C10H14N2O7S2/c1-19-10(14)9(6-13)12-21(17,18)8-4-2-3-7(5-8)20(11,15)16/h2-5,9,12-13H,6H2,1H3,(H2,11,15,16). The number of primary sulfonamides is 1. The van der Waals surface area contributed by atoms with Crippen molar-refractivity contribution in [3.05, 3.63) is 24.3 Å². The molecular weight excluding hydrogens is 324 g/mol. The molecule has 0 saturated carbocycles. The summed E-state index contributed by atoms with van der Waals surface area (Å²) in [6, 6.07) is 2.75. The number of ether oxygens (including phenoxy) is 1. The van der Waals surface area contributed by atoms with Crippen molar-refractivity contribution in [2.24, 2.45) is 5.14 Å². The quantitative estimate of drug-likeness (QED) is 0.514. The van der Waals surface area contributed by atoms with E-state index in [4.69, 9.17) is 10.2 Å². The zero-order valence-corrected chi connectivity index (χ0v) is 12.5. The molecule has 4 N–H and O–H groups in total. The van der Waals surface area contributed by atoms with Gasteiger partial charge in [0, 0.05) is 0 Å². The van der Waals surface area contributed by atoms with Crippen molar-refractivity contribution in [3.63, 3.8) is 0 Å². The van der Waals surface area contributed by atoms with E-state index in [-0.39, 0.29) is 0 Å². The van der Waals surface area contributed by atoms with Crippen LogP contribution in [0.3, 0.4) is 0 Å². The molecule has 0 radical (unpaired) electrons. The summed E-state index contributed by atoms with van der Waals surface area (Å²) in [7, 11) is -7.29. The van der Waals surface area contributed by atoms with Crippen LogP contribution in [0.5, 0.6) is 0 Å². The molecule has 1 unspecified atom stereocenters. The van der Waals surface area contributed by atoms with E-state index in [0.29, 0.717) is 0 Å². The Balaban J connectivity index is 3.17. The molecule has 0 aliphatic carbocycles. The number of hydrogen-bond donors (Lipinski definition) is 3. The maximum absolute atomic E-state index is 12.0. The van der Waals surface area contributed by atoms with Crippen LogP contribution in [-0.4, -0.2) is 47.7 Å². The molecule has 21 heavy (non-hydrogen) atoms. The monoisotopic (exact) mass is 338 g/mol. The van der Waals surface area contributed by atoms with Crippen molar-refractivity contribution in [1.29, 1.82) is 0 Å². The van der Waals surface area contributed by atoms with E-state index in [1.165, 1.54) is 6.07 Å². The van der Waals surface area contributed by atoms with E-state index in [0.717, 1.165) is 25.3 Å². The van der Waals surface area contributed by atoms with E-state index in [9.17, 15) is 21.6 Å². The third kappa shape index (κ3) is 4.47. The zero-order chi connectivity index (χ0) is 16.3. The van der Waals surface area contributed by atoms with Crippen LogP contribution in [0.4, 0.5) is 0 Å². The van der Waals surface area contributed by atoms with Crippen LogP contribution in [0.2, 0.25) is 0 Å². The fraction of sp³-hybridized carbons (Fsp3) is 0.300. The predicted molar refractivity (Wildman–Crippen MR) is 71.0 cm³/mol. The first kappa shape index (κ1) is 17.5. The maximum atomic E-state index is 12.0. The van der Waals surface area contributed by atoms with Crippen molar-refractivity contribution >= 4 is 26.0 Å². The number of rotatable bonds is 6. The second-order valence-corrected chi connectivity index (χ2v) is 7.17. The highest BCUT2D eigenvalue weighted by atomic mass is 32.2. The second-order valence-electron chi connectivity index (χ2n) is 3.90. The first-order valence-corrected chi connectivity index (χ1v) is 8.48. The SMILES string of the molecule is COC(=O)C(CO)NS(=O)(=O)c1cccc(S(N)(=O)=O)c1. The topological polar surface area (TPSA) is 153 Å². The van der Waals surface area contributed by atoms with Gasteiger partial charge in [0.2, 0.25) is 20.0 Å². The zero-order valence-electron chi connectivity index (χ0n) is 10.9. The molecule has 1 aromatic carbocycles. The molecule has 9 nitrogen and oxygen atoms in total. The summed E-state index contributed by atoms with van der Waals surface area (Å²) in [4.78, 5) is 10.4. The van der Waals surface area contributed by atoms with Crippen LogP contribution in [0.15, 0.2) is 34.1 Å². The van der Waals surface area contributed by atoms with Gasteiger partial charge in [0.1, 0.15) is 6.04 Å². The number of nitrogens with two attached hydrogens (primary N) is 1. The lowest BCUT2D eigenvalue weighted by Gasteiger charge is -2.14. The Kier molecular flexibility index (Phi) is 5.42. The largest absolute Gasteiger partial charge is 0.468 e. The molecule has 0 bridgehead atoms. The van der Waals surface area contributed by atoms with E-state index in [2.05, 4.69) is 4.74 Å². The summed E-state index contributed by atoms with van der Waals surface area (Å²) in [5.74, 6) is -0.983. The summed E-state index contributed by atoms with van der Waals surface area (Å²) >= 11 is 0. The van der Waals surface area contributed by atoms with E-state index in [1.807, 2.05) is 4.72 Å². The number of esters is 1. The molecule has 0 spiro atoms. The Bertz CT molecular complexity index is 728. The highest BCUT2D eigenvalue weighted by molar-refractivity contribution is 7.90. The van der Waals surface area contributed by atoms with Crippen molar-refractivity contribution in [2.45, 2.75) is 15.8 Å². The van der Waals surface area contributed by atoms with Crippen molar-refractivity contribution < 1.29 is 31.5 Å². The minimum Gasteiger partial charge on any atom is -0.468 e. The molecular formula is C10H14N2O7S2. The average molecular weight is 338 g/mol. The normalized spacial score (nSPS) is 13.7. The molecule has 118 valence electrons. The smallest absolute Gasteiger partial charge is 0.326 e. The number of carbonyl (C=O) groups excluding carboxylic acids is 1. The minimum absolute atomic E-state index is 0.399. The molecule has 0 aromatic heterocycles. The molecule has 11 heteroatoms.